The fraction of sp³-hybridized carbons (Fsp3) is 0.615. The summed E-state index contributed by atoms with van der Waals surface area (Å²) in [6, 6.07) is -0.0330. The molecule has 2 rings (SSSR count). The molecule has 0 saturated heterocycles. The minimum absolute atomic E-state index is 0.0330. The number of nitrogens with two attached hydrogens (primary N) is 1. The second-order valence-electron chi connectivity index (χ2n) is 5.75. The SMILES string of the molecule is CCC(N)c1cn(Cc2csc(C(C)(C)C)n2)nn1. The van der Waals surface area contributed by atoms with Gasteiger partial charge in [0.2, 0.25) is 0 Å². The highest BCUT2D eigenvalue weighted by molar-refractivity contribution is 7.09. The van der Waals surface area contributed by atoms with Crippen molar-refractivity contribution >= 4 is 11.3 Å². The second-order valence-corrected chi connectivity index (χ2v) is 6.61. The summed E-state index contributed by atoms with van der Waals surface area (Å²) in [4.78, 5) is 4.65. The Labute approximate surface area is 117 Å². The van der Waals surface area contributed by atoms with Gasteiger partial charge in [-0.2, -0.15) is 0 Å². The van der Waals surface area contributed by atoms with Crippen LogP contribution in [0.3, 0.4) is 0 Å². The lowest BCUT2D eigenvalue weighted by Gasteiger charge is -2.13. The minimum atomic E-state index is -0.0330. The van der Waals surface area contributed by atoms with Crippen LogP contribution in [0.5, 0.6) is 0 Å². The summed E-state index contributed by atoms with van der Waals surface area (Å²) in [6.07, 6.45) is 2.77. The van der Waals surface area contributed by atoms with Gasteiger partial charge < -0.3 is 5.73 Å². The maximum Gasteiger partial charge on any atom is 0.0994 e. The highest BCUT2D eigenvalue weighted by Gasteiger charge is 2.18. The molecule has 2 aromatic rings. The largest absolute Gasteiger partial charge is 0.323 e. The Morgan fingerprint density at radius 1 is 1.42 bits per heavy atom. The van der Waals surface area contributed by atoms with Crippen LogP contribution in [0.15, 0.2) is 11.6 Å². The molecular formula is C13H21N5S. The lowest BCUT2D eigenvalue weighted by Crippen LogP contribution is -2.11. The van der Waals surface area contributed by atoms with Crippen molar-refractivity contribution in [2.45, 2.75) is 52.1 Å². The number of aromatic nitrogens is 4. The summed E-state index contributed by atoms with van der Waals surface area (Å²) in [6.45, 7) is 9.20. The zero-order valence-corrected chi connectivity index (χ0v) is 12.7. The standard InChI is InChI=1S/C13H21N5S/c1-5-10(14)11-7-18(17-16-11)6-9-8-19-12(15-9)13(2,3)4/h7-8,10H,5-6,14H2,1-4H3. The molecule has 2 heterocycles. The van der Waals surface area contributed by atoms with Gasteiger partial charge in [0, 0.05) is 10.8 Å². The third-order valence-corrected chi connectivity index (χ3v) is 4.21. The zero-order chi connectivity index (χ0) is 14.0. The molecule has 0 aliphatic carbocycles. The molecule has 1 atom stereocenters. The van der Waals surface area contributed by atoms with Crippen molar-refractivity contribution in [2.75, 3.05) is 0 Å². The Hall–Kier alpha value is -1.27. The van der Waals surface area contributed by atoms with E-state index in [-0.39, 0.29) is 11.5 Å². The van der Waals surface area contributed by atoms with Gasteiger partial charge in [0.25, 0.3) is 0 Å². The minimum Gasteiger partial charge on any atom is -0.323 e. The number of hydrogen-bond donors (Lipinski definition) is 1. The number of rotatable bonds is 4. The maximum atomic E-state index is 5.93. The Kier molecular flexibility index (Phi) is 4.01. The third kappa shape index (κ3) is 3.39. The van der Waals surface area contributed by atoms with E-state index in [0.717, 1.165) is 22.8 Å². The number of nitrogens with zero attached hydrogens (tertiary/aromatic N) is 4. The van der Waals surface area contributed by atoms with E-state index in [1.165, 1.54) is 0 Å². The van der Waals surface area contributed by atoms with E-state index in [1.807, 2.05) is 13.1 Å². The van der Waals surface area contributed by atoms with Crippen LogP contribution in [0.4, 0.5) is 0 Å². The van der Waals surface area contributed by atoms with Crippen molar-refractivity contribution in [3.05, 3.63) is 28.0 Å². The van der Waals surface area contributed by atoms with Gasteiger partial charge in [0.15, 0.2) is 0 Å². The fourth-order valence-corrected chi connectivity index (χ4v) is 2.56. The Bertz CT molecular complexity index is 537. The Morgan fingerprint density at radius 2 is 2.16 bits per heavy atom. The summed E-state index contributed by atoms with van der Waals surface area (Å²) in [5, 5.41) is 11.4. The van der Waals surface area contributed by atoms with Crippen LogP contribution >= 0.6 is 11.3 Å². The Balaban J connectivity index is 2.09. The predicted molar refractivity (Wildman–Crippen MR) is 77.2 cm³/mol. The van der Waals surface area contributed by atoms with Crippen molar-refractivity contribution in [3.8, 4) is 0 Å². The predicted octanol–water partition coefficient (Wildman–Crippen LogP) is 2.49. The molecule has 104 valence electrons. The van der Waals surface area contributed by atoms with E-state index in [4.69, 9.17) is 5.73 Å². The lowest BCUT2D eigenvalue weighted by molar-refractivity contribution is 0.577. The molecule has 2 aromatic heterocycles. The molecule has 0 aliphatic heterocycles. The Morgan fingerprint density at radius 3 is 2.74 bits per heavy atom. The van der Waals surface area contributed by atoms with Gasteiger partial charge in [0.05, 0.1) is 35.2 Å². The molecule has 0 saturated carbocycles. The molecule has 0 radical (unpaired) electrons. The molecule has 0 fully saturated rings. The van der Waals surface area contributed by atoms with E-state index < -0.39 is 0 Å². The lowest BCUT2D eigenvalue weighted by atomic mass is 9.98. The van der Waals surface area contributed by atoms with Crippen LogP contribution in [0.2, 0.25) is 0 Å². The molecule has 0 spiro atoms. The molecule has 1 unspecified atom stereocenters. The quantitative estimate of drug-likeness (QED) is 0.933. The summed E-state index contributed by atoms with van der Waals surface area (Å²) >= 11 is 1.70. The molecule has 0 amide bonds. The molecule has 5 nitrogen and oxygen atoms in total. The molecular weight excluding hydrogens is 258 g/mol. The highest BCUT2D eigenvalue weighted by Crippen LogP contribution is 2.25. The molecule has 19 heavy (non-hydrogen) atoms. The van der Waals surface area contributed by atoms with Crippen LogP contribution in [-0.4, -0.2) is 20.0 Å². The van der Waals surface area contributed by atoms with Crippen LogP contribution in [0.1, 0.15) is 56.6 Å². The zero-order valence-electron chi connectivity index (χ0n) is 11.9. The van der Waals surface area contributed by atoms with E-state index in [0.29, 0.717) is 6.54 Å². The van der Waals surface area contributed by atoms with Crippen LogP contribution in [-0.2, 0) is 12.0 Å². The first-order valence-corrected chi connectivity index (χ1v) is 7.38. The first-order chi connectivity index (χ1) is 8.90. The number of thiazole rings is 1. The summed E-state index contributed by atoms with van der Waals surface area (Å²) in [5.41, 5.74) is 7.90. The van der Waals surface area contributed by atoms with Crippen molar-refractivity contribution in [1.82, 2.24) is 20.0 Å². The van der Waals surface area contributed by atoms with Crippen LogP contribution < -0.4 is 5.73 Å². The van der Waals surface area contributed by atoms with Gasteiger partial charge in [-0.15, -0.1) is 16.4 Å². The van der Waals surface area contributed by atoms with Crippen molar-refractivity contribution < 1.29 is 0 Å². The highest BCUT2D eigenvalue weighted by atomic mass is 32.1. The van der Waals surface area contributed by atoms with Gasteiger partial charge in [-0.1, -0.05) is 32.9 Å². The first kappa shape index (κ1) is 14.1. The first-order valence-electron chi connectivity index (χ1n) is 6.50. The van der Waals surface area contributed by atoms with Gasteiger partial charge in [0.1, 0.15) is 0 Å². The normalized spacial score (nSPS) is 13.7. The van der Waals surface area contributed by atoms with Crippen LogP contribution in [0.25, 0.3) is 0 Å². The summed E-state index contributed by atoms with van der Waals surface area (Å²) in [7, 11) is 0. The van der Waals surface area contributed by atoms with Crippen LogP contribution in [0, 0.1) is 0 Å². The smallest absolute Gasteiger partial charge is 0.0994 e. The molecule has 6 heteroatoms. The summed E-state index contributed by atoms with van der Waals surface area (Å²) < 4.78 is 1.80. The molecule has 0 bridgehead atoms. The second kappa shape index (κ2) is 5.38. The van der Waals surface area contributed by atoms with Gasteiger partial charge >= 0.3 is 0 Å². The van der Waals surface area contributed by atoms with E-state index in [9.17, 15) is 0 Å². The molecule has 0 aromatic carbocycles. The van der Waals surface area contributed by atoms with Gasteiger partial charge in [-0.3, -0.25) is 0 Å². The van der Waals surface area contributed by atoms with Crippen molar-refractivity contribution in [1.29, 1.82) is 0 Å². The monoisotopic (exact) mass is 279 g/mol. The maximum absolute atomic E-state index is 5.93. The van der Waals surface area contributed by atoms with E-state index >= 15 is 0 Å². The van der Waals surface area contributed by atoms with E-state index in [1.54, 1.807) is 16.0 Å². The van der Waals surface area contributed by atoms with Gasteiger partial charge in [-0.25, -0.2) is 9.67 Å². The number of hydrogen-bond acceptors (Lipinski definition) is 5. The van der Waals surface area contributed by atoms with Gasteiger partial charge in [-0.05, 0) is 6.42 Å². The summed E-state index contributed by atoms with van der Waals surface area (Å²) in [5.74, 6) is 0. The average Bonchev–Trinajstić information content (AvgIpc) is 2.97. The van der Waals surface area contributed by atoms with Crippen molar-refractivity contribution in [2.24, 2.45) is 5.73 Å². The molecule has 2 N–H and O–H groups in total. The van der Waals surface area contributed by atoms with E-state index in [2.05, 4.69) is 41.4 Å². The third-order valence-electron chi connectivity index (χ3n) is 2.89. The van der Waals surface area contributed by atoms with Crippen molar-refractivity contribution in [3.63, 3.8) is 0 Å². The molecule has 0 aliphatic rings. The topological polar surface area (TPSA) is 69.6 Å². The average molecular weight is 279 g/mol. The fourth-order valence-electron chi connectivity index (χ4n) is 1.66.